The molecular weight excluding hydrogens is 326 g/mol. The number of methoxy groups -OCH3 is 1. The summed E-state index contributed by atoms with van der Waals surface area (Å²) >= 11 is 0. The molecule has 1 aliphatic rings. The van der Waals surface area contributed by atoms with Crippen molar-refractivity contribution in [3.8, 4) is 5.75 Å². The Hall–Kier alpha value is -2.50. The Bertz CT molecular complexity index is 928. The highest BCUT2D eigenvalue weighted by atomic mass is 16.5. The van der Waals surface area contributed by atoms with Gasteiger partial charge in [-0.3, -0.25) is 4.90 Å². The fourth-order valence-corrected chi connectivity index (χ4v) is 3.72. The number of benzene rings is 2. The summed E-state index contributed by atoms with van der Waals surface area (Å²) in [6.45, 7) is 3.31. The minimum Gasteiger partial charge on any atom is -0.497 e. The molecule has 2 atom stereocenters. The second-order valence-electron chi connectivity index (χ2n) is 6.86. The van der Waals surface area contributed by atoms with Crippen LogP contribution in [0.2, 0.25) is 0 Å². The number of hydrogen-bond donors (Lipinski definition) is 1. The van der Waals surface area contributed by atoms with Gasteiger partial charge in [-0.1, -0.05) is 24.3 Å². The number of ether oxygens (including phenoxy) is 1. The Morgan fingerprint density at radius 1 is 1.12 bits per heavy atom. The Balaban J connectivity index is 1.64. The van der Waals surface area contributed by atoms with Crippen molar-refractivity contribution in [3.05, 3.63) is 65.5 Å². The maximum atomic E-state index is 10.3. The van der Waals surface area contributed by atoms with Gasteiger partial charge in [0.25, 0.3) is 0 Å². The molecule has 0 spiro atoms. The Morgan fingerprint density at radius 3 is 2.65 bits per heavy atom. The quantitative estimate of drug-likeness (QED) is 0.783. The number of aliphatic hydroxyl groups is 1. The van der Waals surface area contributed by atoms with Gasteiger partial charge in [0.15, 0.2) is 0 Å². The summed E-state index contributed by atoms with van der Waals surface area (Å²) in [4.78, 5) is 11.8. The Labute approximate surface area is 153 Å². The fraction of sp³-hybridized carbons (Fsp3) is 0.333. The molecule has 134 valence electrons. The normalized spacial score (nSPS) is 20.6. The summed E-state index contributed by atoms with van der Waals surface area (Å²) in [6, 6.07) is 16.2. The molecule has 3 aromatic rings. The van der Waals surface area contributed by atoms with Gasteiger partial charge in [-0.25, -0.2) is 9.97 Å². The van der Waals surface area contributed by atoms with Crippen LogP contribution in [0.1, 0.15) is 29.4 Å². The van der Waals surface area contributed by atoms with Gasteiger partial charge in [0.05, 0.1) is 35.6 Å². The van der Waals surface area contributed by atoms with Gasteiger partial charge < -0.3 is 9.84 Å². The fourth-order valence-electron chi connectivity index (χ4n) is 3.72. The van der Waals surface area contributed by atoms with Crippen LogP contribution < -0.4 is 4.74 Å². The molecule has 1 fully saturated rings. The third-order valence-electron chi connectivity index (χ3n) is 5.06. The van der Waals surface area contributed by atoms with Crippen LogP contribution in [0.15, 0.2) is 48.5 Å². The van der Waals surface area contributed by atoms with Crippen molar-refractivity contribution in [1.82, 2.24) is 14.9 Å². The first-order chi connectivity index (χ1) is 12.6. The summed E-state index contributed by atoms with van der Waals surface area (Å²) in [5, 5.41) is 10.3. The second kappa shape index (κ2) is 7.02. The van der Waals surface area contributed by atoms with E-state index in [9.17, 15) is 5.11 Å². The van der Waals surface area contributed by atoms with Crippen molar-refractivity contribution in [3.63, 3.8) is 0 Å². The van der Waals surface area contributed by atoms with E-state index in [1.165, 1.54) is 0 Å². The number of fused-ring (bicyclic) bond motifs is 1. The van der Waals surface area contributed by atoms with Gasteiger partial charge in [-0.2, -0.15) is 0 Å². The minimum absolute atomic E-state index is 0.146. The van der Waals surface area contributed by atoms with Gasteiger partial charge in [0.1, 0.15) is 5.75 Å². The van der Waals surface area contributed by atoms with Crippen LogP contribution in [0.4, 0.5) is 0 Å². The van der Waals surface area contributed by atoms with Gasteiger partial charge in [-0.05, 0) is 43.2 Å². The number of aryl methyl sites for hydroxylation is 1. The van der Waals surface area contributed by atoms with E-state index in [1.54, 1.807) is 7.11 Å². The van der Waals surface area contributed by atoms with Gasteiger partial charge >= 0.3 is 0 Å². The van der Waals surface area contributed by atoms with E-state index in [-0.39, 0.29) is 12.1 Å². The zero-order chi connectivity index (χ0) is 18.1. The molecule has 4 rings (SSSR count). The lowest BCUT2D eigenvalue weighted by atomic mass is 10.0. The number of nitrogens with zero attached hydrogens (tertiary/aromatic N) is 3. The molecule has 0 radical (unpaired) electrons. The number of rotatable bonds is 4. The van der Waals surface area contributed by atoms with Crippen molar-refractivity contribution in [1.29, 1.82) is 0 Å². The zero-order valence-corrected chi connectivity index (χ0v) is 15.1. The number of aromatic nitrogens is 2. The van der Waals surface area contributed by atoms with E-state index in [4.69, 9.17) is 14.7 Å². The second-order valence-corrected chi connectivity index (χ2v) is 6.86. The van der Waals surface area contributed by atoms with Crippen molar-refractivity contribution in [2.24, 2.45) is 0 Å². The van der Waals surface area contributed by atoms with Crippen LogP contribution in [0.25, 0.3) is 11.0 Å². The van der Waals surface area contributed by atoms with Gasteiger partial charge in [-0.15, -0.1) is 0 Å². The maximum absolute atomic E-state index is 10.3. The first-order valence-corrected chi connectivity index (χ1v) is 8.92. The highest BCUT2D eigenvalue weighted by Crippen LogP contribution is 2.35. The van der Waals surface area contributed by atoms with Crippen molar-refractivity contribution >= 4 is 11.0 Å². The number of aliphatic hydroxyl groups excluding tert-OH is 1. The van der Waals surface area contributed by atoms with Crippen molar-refractivity contribution in [2.75, 3.05) is 13.7 Å². The number of likely N-dealkylation sites (tertiary alicyclic amines) is 1. The molecule has 0 unspecified atom stereocenters. The van der Waals surface area contributed by atoms with Crippen molar-refractivity contribution < 1.29 is 9.84 Å². The van der Waals surface area contributed by atoms with E-state index in [0.29, 0.717) is 19.5 Å². The third-order valence-corrected chi connectivity index (χ3v) is 5.06. The predicted octanol–water partition coefficient (Wildman–Crippen LogP) is 3.25. The number of β-amino-alcohol motifs (C(OH)–C–C–N with tert-alkyl or cyclic N) is 1. The highest BCUT2D eigenvalue weighted by Gasteiger charge is 2.32. The molecule has 5 nitrogen and oxygen atoms in total. The molecule has 1 N–H and O–H groups in total. The summed E-state index contributed by atoms with van der Waals surface area (Å²) in [5.74, 6) is 0.838. The molecule has 5 heteroatoms. The van der Waals surface area contributed by atoms with E-state index >= 15 is 0 Å². The molecule has 1 aliphatic heterocycles. The lowest BCUT2D eigenvalue weighted by molar-refractivity contribution is 0.172. The standard InChI is InChI=1S/C21H23N3O2/c1-14-20(23-19-9-4-3-8-18(19)22-14)13-24-12-16(25)11-21(24)15-6-5-7-17(10-15)26-2/h3-10,16,21,25H,11-13H2,1-2H3/t16-,21-/m1/s1. The molecule has 0 saturated carbocycles. The lowest BCUT2D eigenvalue weighted by Gasteiger charge is -2.25. The smallest absolute Gasteiger partial charge is 0.119 e. The average Bonchev–Trinajstić information content (AvgIpc) is 3.02. The largest absolute Gasteiger partial charge is 0.497 e. The summed E-state index contributed by atoms with van der Waals surface area (Å²) in [7, 11) is 1.68. The maximum Gasteiger partial charge on any atom is 0.119 e. The van der Waals surface area contributed by atoms with Crippen LogP contribution >= 0.6 is 0 Å². The van der Waals surface area contributed by atoms with Crippen molar-refractivity contribution in [2.45, 2.75) is 32.0 Å². The minimum atomic E-state index is -0.333. The van der Waals surface area contributed by atoms with E-state index < -0.39 is 0 Å². The van der Waals surface area contributed by atoms with E-state index in [1.807, 2.05) is 43.3 Å². The van der Waals surface area contributed by atoms with E-state index in [2.05, 4.69) is 17.0 Å². The zero-order valence-electron chi connectivity index (χ0n) is 15.1. The van der Waals surface area contributed by atoms with Crippen LogP contribution in [-0.2, 0) is 6.54 Å². The van der Waals surface area contributed by atoms with E-state index in [0.717, 1.165) is 33.7 Å². The van der Waals surface area contributed by atoms with Gasteiger partial charge in [0, 0.05) is 19.1 Å². The summed E-state index contributed by atoms with van der Waals surface area (Å²) < 4.78 is 5.36. The van der Waals surface area contributed by atoms with Gasteiger partial charge in [0.2, 0.25) is 0 Å². The molecule has 1 saturated heterocycles. The summed E-state index contributed by atoms with van der Waals surface area (Å²) in [6.07, 6.45) is 0.382. The van der Waals surface area contributed by atoms with Crippen LogP contribution in [-0.4, -0.2) is 39.7 Å². The Kier molecular flexibility index (Phi) is 4.57. The predicted molar refractivity (Wildman–Crippen MR) is 101 cm³/mol. The molecule has 0 amide bonds. The highest BCUT2D eigenvalue weighted by molar-refractivity contribution is 5.74. The number of hydrogen-bond acceptors (Lipinski definition) is 5. The lowest BCUT2D eigenvalue weighted by Crippen LogP contribution is -2.25. The third kappa shape index (κ3) is 3.28. The SMILES string of the molecule is COc1cccc([C@H]2C[C@@H](O)CN2Cc2nc3ccccc3nc2C)c1. The molecule has 2 heterocycles. The molecule has 2 aromatic carbocycles. The topological polar surface area (TPSA) is 58.5 Å². The molecular formula is C21H23N3O2. The Morgan fingerprint density at radius 2 is 1.88 bits per heavy atom. The first kappa shape index (κ1) is 16.9. The van der Waals surface area contributed by atoms with Crippen LogP contribution in [0.3, 0.4) is 0 Å². The summed E-state index contributed by atoms with van der Waals surface area (Å²) in [5.41, 5.74) is 4.89. The molecule has 26 heavy (non-hydrogen) atoms. The average molecular weight is 349 g/mol. The number of para-hydroxylation sites is 2. The monoisotopic (exact) mass is 349 g/mol. The van der Waals surface area contributed by atoms with Crippen LogP contribution in [0, 0.1) is 6.92 Å². The van der Waals surface area contributed by atoms with Crippen LogP contribution in [0.5, 0.6) is 5.75 Å². The molecule has 0 aliphatic carbocycles. The first-order valence-electron chi connectivity index (χ1n) is 8.92. The molecule has 1 aromatic heterocycles. The molecule has 0 bridgehead atoms.